The lowest BCUT2D eigenvalue weighted by Crippen LogP contribution is -2.34. The minimum Gasteiger partial charge on any atom is -0.497 e. The Balaban J connectivity index is 1.44. The molecular weight excluding hydrogens is 434 g/mol. The van der Waals surface area contributed by atoms with E-state index in [0.29, 0.717) is 28.8 Å². The molecule has 1 fully saturated rings. The molecule has 3 aromatic rings. The minimum absolute atomic E-state index is 0.144. The van der Waals surface area contributed by atoms with Gasteiger partial charge in [-0.2, -0.15) is 4.98 Å². The Morgan fingerprint density at radius 1 is 1.32 bits per heavy atom. The van der Waals surface area contributed by atoms with Gasteiger partial charge in [-0.3, -0.25) is 4.79 Å². The van der Waals surface area contributed by atoms with Gasteiger partial charge in [0, 0.05) is 19.2 Å². The summed E-state index contributed by atoms with van der Waals surface area (Å²) in [6.45, 7) is 4.31. The maximum Gasteiger partial charge on any atom is 0.234 e. The number of nitrogens with zero attached hydrogens (tertiary/aromatic N) is 4. The van der Waals surface area contributed by atoms with Crippen LogP contribution in [0.25, 0.3) is 10.3 Å². The lowest BCUT2D eigenvalue weighted by atomic mass is 10.0. The number of hydrogen-bond acceptors (Lipinski definition) is 9. The second-order valence-corrected chi connectivity index (χ2v) is 9.37. The summed E-state index contributed by atoms with van der Waals surface area (Å²) in [7, 11) is 3.14. The zero-order valence-electron chi connectivity index (χ0n) is 17.8. The summed E-state index contributed by atoms with van der Waals surface area (Å²) in [5.41, 5.74) is 1.29. The summed E-state index contributed by atoms with van der Waals surface area (Å²) in [5.74, 6) is 1.95. The molecule has 3 heterocycles. The van der Waals surface area contributed by atoms with E-state index in [1.165, 1.54) is 30.9 Å². The predicted octanol–water partition coefficient (Wildman–Crippen LogP) is 4.07. The Bertz CT molecular complexity index is 1070. The van der Waals surface area contributed by atoms with Crippen LogP contribution >= 0.6 is 23.1 Å². The van der Waals surface area contributed by atoms with Gasteiger partial charge in [-0.25, -0.2) is 9.97 Å². The first kappa shape index (κ1) is 21.6. The number of hydrogen-bond donors (Lipinski definition) is 1. The van der Waals surface area contributed by atoms with Crippen molar-refractivity contribution >= 4 is 50.2 Å². The van der Waals surface area contributed by atoms with Crippen LogP contribution in [0.3, 0.4) is 0 Å². The highest BCUT2D eigenvalue weighted by Gasteiger charge is 2.21. The molecule has 0 saturated carbocycles. The molecule has 0 radical (unpaired) electrons. The van der Waals surface area contributed by atoms with E-state index in [4.69, 9.17) is 14.5 Å². The van der Waals surface area contributed by atoms with Gasteiger partial charge in [0.25, 0.3) is 0 Å². The van der Waals surface area contributed by atoms with Crippen molar-refractivity contribution in [2.45, 2.75) is 24.8 Å². The maximum atomic E-state index is 12.6. The highest BCUT2D eigenvalue weighted by Crippen LogP contribution is 2.35. The Morgan fingerprint density at radius 3 is 2.97 bits per heavy atom. The molecule has 31 heavy (non-hydrogen) atoms. The number of carbonyl (C=O) groups is 1. The van der Waals surface area contributed by atoms with Crippen molar-refractivity contribution in [3.63, 3.8) is 0 Å². The second-order valence-electron chi connectivity index (χ2n) is 7.42. The number of nitrogens with one attached hydrogen (secondary N) is 1. The molecule has 10 heteroatoms. The number of piperidine rings is 1. The van der Waals surface area contributed by atoms with Crippen LogP contribution < -0.4 is 19.7 Å². The third-order valence-electron chi connectivity index (χ3n) is 5.10. The number of thiazole rings is 1. The summed E-state index contributed by atoms with van der Waals surface area (Å²) in [6, 6.07) is 5.27. The first-order valence-electron chi connectivity index (χ1n) is 10.1. The van der Waals surface area contributed by atoms with E-state index in [-0.39, 0.29) is 11.7 Å². The number of thioether (sulfide) groups is 1. The van der Waals surface area contributed by atoms with Crippen molar-refractivity contribution in [1.29, 1.82) is 0 Å². The molecule has 1 saturated heterocycles. The van der Waals surface area contributed by atoms with Crippen molar-refractivity contribution in [3.8, 4) is 11.5 Å². The molecule has 1 aromatic carbocycles. The van der Waals surface area contributed by atoms with E-state index >= 15 is 0 Å². The Labute approximate surface area is 189 Å². The number of amides is 1. The van der Waals surface area contributed by atoms with E-state index in [2.05, 4.69) is 27.1 Å². The van der Waals surface area contributed by atoms with Crippen LogP contribution in [0.1, 0.15) is 19.8 Å². The molecule has 0 spiro atoms. The largest absolute Gasteiger partial charge is 0.497 e. The molecule has 1 aliphatic heterocycles. The van der Waals surface area contributed by atoms with Crippen molar-refractivity contribution in [2.24, 2.45) is 5.92 Å². The zero-order chi connectivity index (χ0) is 21.8. The van der Waals surface area contributed by atoms with Gasteiger partial charge >= 0.3 is 0 Å². The molecule has 0 unspecified atom stereocenters. The van der Waals surface area contributed by atoms with Gasteiger partial charge in [-0.1, -0.05) is 30.0 Å². The van der Waals surface area contributed by atoms with Crippen LogP contribution in [0.15, 0.2) is 29.6 Å². The zero-order valence-corrected chi connectivity index (χ0v) is 19.4. The number of carbonyl (C=O) groups excluding carboxylic acids is 1. The number of benzene rings is 1. The number of methoxy groups -OCH3 is 2. The molecule has 0 bridgehead atoms. The number of fused-ring (bicyclic) bond motifs is 1. The quantitative estimate of drug-likeness (QED) is 0.418. The Hall–Kier alpha value is -2.59. The fraction of sp³-hybridized carbons (Fsp3) is 0.429. The third kappa shape index (κ3) is 5.01. The topological polar surface area (TPSA) is 89.5 Å². The number of rotatable bonds is 7. The van der Waals surface area contributed by atoms with Crippen LogP contribution in [0.2, 0.25) is 0 Å². The lowest BCUT2D eigenvalue weighted by Gasteiger charge is -2.30. The predicted molar refractivity (Wildman–Crippen MR) is 125 cm³/mol. The van der Waals surface area contributed by atoms with Gasteiger partial charge in [0.05, 0.1) is 25.7 Å². The SMILES string of the molecule is COc1ccc(NC(=O)CSc2ncnc3nc(N4CCC[C@@H](C)C4)sc23)c(OC)c1. The molecule has 1 amide bonds. The van der Waals surface area contributed by atoms with Crippen LogP contribution in [0.4, 0.5) is 10.8 Å². The molecule has 8 nitrogen and oxygen atoms in total. The highest BCUT2D eigenvalue weighted by molar-refractivity contribution is 8.00. The first-order chi connectivity index (χ1) is 15.1. The molecule has 0 aliphatic carbocycles. The molecular formula is C21H25N5O3S2. The van der Waals surface area contributed by atoms with Crippen molar-refractivity contribution in [2.75, 3.05) is 43.3 Å². The van der Waals surface area contributed by atoms with Crippen molar-refractivity contribution < 1.29 is 14.3 Å². The fourth-order valence-corrected chi connectivity index (χ4v) is 5.47. The third-order valence-corrected chi connectivity index (χ3v) is 7.33. The molecule has 164 valence electrons. The van der Waals surface area contributed by atoms with Gasteiger partial charge in [0.2, 0.25) is 5.91 Å². The monoisotopic (exact) mass is 459 g/mol. The van der Waals surface area contributed by atoms with Gasteiger partial charge in [-0.05, 0) is 30.9 Å². The standard InChI is InChI=1S/C21H25N5O3S2/c1-13-5-4-8-26(10-13)21-25-19-18(31-21)20(23-12-22-19)30-11-17(27)24-15-7-6-14(28-2)9-16(15)29-3/h6-7,9,12-13H,4-5,8,10-11H2,1-3H3,(H,24,27)/t13-/m1/s1. The fourth-order valence-electron chi connectivity index (χ4n) is 3.55. The first-order valence-corrected chi connectivity index (χ1v) is 11.9. The molecule has 4 rings (SSSR count). The highest BCUT2D eigenvalue weighted by atomic mass is 32.2. The lowest BCUT2D eigenvalue weighted by molar-refractivity contribution is -0.113. The summed E-state index contributed by atoms with van der Waals surface area (Å²) in [5, 5.41) is 4.65. The molecule has 1 aliphatic rings. The number of aromatic nitrogens is 3. The summed E-state index contributed by atoms with van der Waals surface area (Å²) < 4.78 is 11.5. The Morgan fingerprint density at radius 2 is 2.19 bits per heavy atom. The van der Waals surface area contributed by atoms with E-state index in [1.54, 1.807) is 43.8 Å². The van der Waals surface area contributed by atoms with E-state index < -0.39 is 0 Å². The van der Waals surface area contributed by atoms with Crippen LogP contribution in [-0.4, -0.2) is 53.9 Å². The van der Waals surface area contributed by atoms with Crippen LogP contribution in [-0.2, 0) is 4.79 Å². The van der Waals surface area contributed by atoms with Gasteiger partial charge < -0.3 is 19.7 Å². The average Bonchev–Trinajstić information content (AvgIpc) is 3.23. The summed E-state index contributed by atoms with van der Waals surface area (Å²) in [4.78, 5) is 28.3. The van der Waals surface area contributed by atoms with Crippen LogP contribution in [0, 0.1) is 5.92 Å². The average molecular weight is 460 g/mol. The van der Waals surface area contributed by atoms with Gasteiger partial charge in [-0.15, -0.1) is 0 Å². The molecule has 2 aromatic heterocycles. The van der Waals surface area contributed by atoms with Gasteiger partial charge in [0.15, 0.2) is 10.8 Å². The van der Waals surface area contributed by atoms with Crippen molar-refractivity contribution in [1.82, 2.24) is 15.0 Å². The van der Waals surface area contributed by atoms with E-state index in [9.17, 15) is 4.79 Å². The minimum atomic E-state index is -0.144. The molecule has 1 atom stereocenters. The van der Waals surface area contributed by atoms with Crippen molar-refractivity contribution in [3.05, 3.63) is 24.5 Å². The Kier molecular flexibility index (Phi) is 6.77. The number of anilines is 2. The van der Waals surface area contributed by atoms with Gasteiger partial charge in [0.1, 0.15) is 27.6 Å². The van der Waals surface area contributed by atoms with E-state index in [1.807, 2.05) is 0 Å². The summed E-state index contributed by atoms with van der Waals surface area (Å²) >= 11 is 2.98. The molecule has 1 N–H and O–H groups in total. The second kappa shape index (κ2) is 9.69. The summed E-state index contributed by atoms with van der Waals surface area (Å²) in [6.07, 6.45) is 3.95. The smallest absolute Gasteiger partial charge is 0.234 e. The van der Waals surface area contributed by atoms with Crippen LogP contribution in [0.5, 0.6) is 11.5 Å². The number of ether oxygens (including phenoxy) is 2. The van der Waals surface area contributed by atoms with E-state index in [0.717, 1.165) is 27.9 Å². The maximum absolute atomic E-state index is 12.6. The normalized spacial score (nSPS) is 16.4.